The van der Waals surface area contributed by atoms with Crippen molar-refractivity contribution in [3.8, 4) is 11.5 Å². The lowest BCUT2D eigenvalue weighted by atomic mass is 10.0. The van der Waals surface area contributed by atoms with Gasteiger partial charge in [-0.1, -0.05) is 82.7 Å². The quantitative estimate of drug-likeness (QED) is 0.265. The van der Waals surface area contributed by atoms with Crippen molar-refractivity contribution < 1.29 is 14.3 Å². The van der Waals surface area contributed by atoms with Gasteiger partial charge >= 0.3 is 0 Å². The maximum atomic E-state index is 12.9. The molecule has 0 bridgehead atoms. The van der Waals surface area contributed by atoms with E-state index in [4.69, 9.17) is 9.47 Å². The molecule has 0 amide bonds. The van der Waals surface area contributed by atoms with Crippen LogP contribution in [0.4, 0.5) is 0 Å². The molecule has 0 saturated heterocycles. The smallest absolute Gasteiger partial charge is 0.196 e. The summed E-state index contributed by atoms with van der Waals surface area (Å²) in [5, 5.41) is 0. The molecule has 0 aliphatic carbocycles. The van der Waals surface area contributed by atoms with Gasteiger partial charge in [0.05, 0.1) is 18.8 Å². The highest BCUT2D eigenvalue weighted by molar-refractivity contribution is 6.10. The highest BCUT2D eigenvalue weighted by Gasteiger charge is 2.16. The second kappa shape index (κ2) is 13.0. The molecule has 0 aliphatic heterocycles. The molecular formula is C25H34O3. The monoisotopic (exact) mass is 382 g/mol. The topological polar surface area (TPSA) is 35.5 Å². The highest BCUT2D eigenvalue weighted by atomic mass is 16.5. The van der Waals surface area contributed by atoms with Crippen LogP contribution in [0.2, 0.25) is 0 Å². The summed E-state index contributed by atoms with van der Waals surface area (Å²) < 4.78 is 11.9. The van der Waals surface area contributed by atoms with Gasteiger partial charge in [-0.05, 0) is 25.0 Å². The van der Waals surface area contributed by atoms with E-state index < -0.39 is 0 Å². The largest absolute Gasteiger partial charge is 0.493 e. The standard InChI is InChI=1S/C25H34O3/c1-3-5-7-12-18-27-22-16-17-23(25(26)21-14-10-9-11-15-21)24(20-22)28-19-13-8-6-4-2/h9-11,14-17,20H,3-8,12-13,18-19H2,1-2H3. The molecule has 2 aromatic carbocycles. The third kappa shape index (κ3) is 7.38. The minimum atomic E-state index is -0.0151. The second-order valence-corrected chi connectivity index (χ2v) is 7.17. The molecule has 0 N–H and O–H groups in total. The van der Waals surface area contributed by atoms with Crippen molar-refractivity contribution in [2.45, 2.75) is 65.2 Å². The van der Waals surface area contributed by atoms with Crippen molar-refractivity contribution in [2.75, 3.05) is 13.2 Å². The zero-order valence-electron chi connectivity index (χ0n) is 17.4. The van der Waals surface area contributed by atoms with Gasteiger partial charge in [-0.2, -0.15) is 0 Å². The molecule has 3 nitrogen and oxygen atoms in total. The fraction of sp³-hybridized carbons (Fsp3) is 0.480. The van der Waals surface area contributed by atoms with E-state index in [0.717, 1.165) is 25.0 Å². The number of rotatable bonds is 14. The number of carbonyl (C=O) groups excluding carboxylic acids is 1. The zero-order chi connectivity index (χ0) is 20.0. The van der Waals surface area contributed by atoms with Gasteiger partial charge in [0.2, 0.25) is 0 Å². The van der Waals surface area contributed by atoms with Gasteiger partial charge in [0, 0.05) is 11.6 Å². The van der Waals surface area contributed by atoms with Crippen LogP contribution in [0.1, 0.15) is 81.1 Å². The van der Waals surface area contributed by atoms with Gasteiger partial charge in [-0.25, -0.2) is 0 Å². The molecule has 0 spiro atoms. The van der Waals surface area contributed by atoms with Crippen LogP contribution in [0.25, 0.3) is 0 Å². The summed E-state index contributed by atoms with van der Waals surface area (Å²) in [6.45, 7) is 5.71. The van der Waals surface area contributed by atoms with Crippen LogP contribution in [-0.2, 0) is 0 Å². The molecule has 3 heteroatoms. The molecule has 28 heavy (non-hydrogen) atoms. The lowest BCUT2D eigenvalue weighted by Gasteiger charge is -2.14. The van der Waals surface area contributed by atoms with E-state index >= 15 is 0 Å². The minimum absolute atomic E-state index is 0.0151. The molecule has 0 radical (unpaired) electrons. The van der Waals surface area contributed by atoms with Gasteiger partial charge in [0.15, 0.2) is 5.78 Å². The van der Waals surface area contributed by atoms with Gasteiger partial charge in [-0.15, -0.1) is 0 Å². The summed E-state index contributed by atoms with van der Waals surface area (Å²) in [6.07, 6.45) is 9.22. The number of hydrogen-bond acceptors (Lipinski definition) is 3. The predicted octanol–water partition coefficient (Wildman–Crippen LogP) is 6.84. The SMILES string of the molecule is CCCCCCOc1ccc(C(=O)c2ccccc2)c(OCCCCCC)c1. The van der Waals surface area contributed by atoms with Crippen LogP contribution in [0.15, 0.2) is 48.5 Å². The molecule has 0 heterocycles. The number of carbonyl (C=O) groups is 1. The first-order valence-electron chi connectivity index (χ1n) is 10.8. The Balaban J connectivity index is 2.07. The number of ether oxygens (including phenoxy) is 2. The molecule has 2 rings (SSSR count). The molecule has 0 aromatic heterocycles. The van der Waals surface area contributed by atoms with Crippen molar-refractivity contribution in [3.63, 3.8) is 0 Å². The van der Waals surface area contributed by atoms with Crippen LogP contribution in [-0.4, -0.2) is 19.0 Å². The molecule has 0 aliphatic rings. The summed E-state index contributed by atoms with van der Waals surface area (Å²) in [5.41, 5.74) is 1.27. The van der Waals surface area contributed by atoms with Crippen molar-refractivity contribution >= 4 is 5.78 Å². The van der Waals surface area contributed by atoms with Crippen LogP contribution < -0.4 is 9.47 Å². The molecule has 2 aromatic rings. The van der Waals surface area contributed by atoms with E-state index in [9.17, 15) is 4.79 Å². The van der Waals surface area contributed by atoms with Crippen LogP contribution in [0.3, 0.4) is 0 Å². The summed E-state index contributed by atoms with van der Waals surface area (Å²) >= 11 is 0. The Morgan fingerprint density at radius 1 is 0.750 bits per heavy atom. The number of ketones is 1. The fourth-order valence-electron chi connectivity index (χ4n) is 3.07. The van der Waals surface area contributed by atoms with Gasteiger partial charge < -0.3 is 9.47 Å². The lowest BCUT2D eigenvalue weighted by molar-refractivity contribution is 0.103. The fourth-order valence-corrected chi connectivity index (χ4v) is 3.07. The lowest BCUT2D eigenvalue weighted by Crippen LogP contribution is -2.07. The highest BCUT2D eigenvalue weighted by Crippen LogP contribution is 2.28. The normalized spacial score (nSPS) is 10.6. The Bertz CT molecular complexity index is 694. The van der Waals surface area contributed by atoms with E-state index in [2.05, 4.69) is 13.8 Å². The average Bonchev–Trinajstić information content (AvgIpc) is 2.74. The maximum absolute atomic E-state index is 12.9. The van der Waals surface area contributed by atoms with Gasteiger partial charge in [0.25, 0.3) is 0 Å². The Morgan fingerprint density at radius 3 is 2.04 bits per heavy atom. The van der Waals surface area contributed by atoms with Crippen LogP contribution >= 0.6 is 0 Å². The zero-order valence-corrected chi connectivity index (χ0v) is 17.4. The predicted molar refractivity (Wildman–Crippen MR) is 116 cm³/mol. The third-order valence-corrected chi connectivity index (χ3v) is 4.76. The molecule has 152 valence electrons. The number of benzene rings is 2. The van der Waals surface area contributed by atoms with Crippen LogP contribution in [0, 0.1) is 0 Å². The third-order valence-electron chi connectivity index (χ3n) is 4.76. The van der Waals surface area contributed by atoms with E-state index in [-0.39, 0.29) is 5.78 Å². The van der Waals surface area contributed by atoms with Crippen molar-refractivity contribution in [1.82, 2.24) is 0 Å². The summed E-state index contributed by atoms with van der Waals surface area (Å²) in [6, 6.07) is 14.9. The molecule has 0 atom stereocenters. The Hall–Kier alpha value is -2.29. The molecule has 0 fully saturated rings. The Labute approximate surface area is 170 Å². The van der Waals surface area contributed by atoms with E-state index in [1.165, 1.54) is 32.1 Å². The van der Waals surface area contributed by atoms with Crippen molar-refractivity contribution in [1.29, 1.82) is 0 Å². The summed E-state index contributed by atoms with van der Waals surface area (Å²) in [4.78, 5) is 12.9. The first kappa shape index (κ1) is 22.0. The first-order chi connectivity index (χ1) is 13.8. The van der Waals surface area contributed by atoms with E-state index in [0.29, 0.717) is 30.1 Å². The molecule has 0 unspecified atom stereocenters. The Kier molecular flexibility index (Phi) is 10.2. The molecular weight excluding hydrogens is 348 g/mol. The Morgan fingerprint density at radius 2 is 1.39 bits per heavy atom. The maximum Gasteiger partial charge on any atom is 0.196 e. The number of unbranched alkanes of at least 4 members (excludes halogenated alkanes) is 6. The van der Waals surface area contributed by atoms with Gasteiger partial charge in [0.1, 0.15) is 11.5 Å². The minimum Gasteiger partial charge on any atom is -0.493 e. The van der Waals surface area contributed by atoms with Crippen LogP contribution in [0.5, 0.6) is 11.5 Å². The number of hydrogen-bond donors (Lipinski definition) is 0. The summed E-state index contributed by atoms with van der Waals surface area (Å²) in [5.74, 6) is 1.37. The summed E-state index contributed by atoms with van der Waals surface area (Å²) in [7, 11) is 0. The molecule has 0 saturated carbocycles. The van der Waals surface area contributed by atoms with E-state index in [1.807, 2.05) is 48.5 Å². The average molecular weight is 383 g/mol. The van der Waals surface area contributed by atoms with Crippen molar-refractivity contribution in [2.24, 2.45) is 0 Å². The second-order valence-electron chi connectivity index (χ2n) is 7.17. The first-order valence-corrected chi connectivity index (χ1v) is 10.8. The van der Waals surface area contributed by atoms with E-state index in [1.54, 1.807) is 0 Å². The van der Waals surface area contributed by atoms with Crippen molar-refractivity contribution in [3.05, 3.63) is 59.7 Å². The van der Waals surface area contributed by atoms with Gasteiger partial charge in [-0.3, -0.25) is 4.79 Å².